The molecule has 0 amide bonds. The van der Waals surface area contributed by atoms with Crippen LogP contribution in [-0.2, 0) is 9.47 Å². The highest BCUT2D eigenvalue weighted by Gasteiger charge is 2.37. The fourth-order valence-electron chi connectivity index (χ4n) is 3.30. The van der Waals surface area contributed by atoms with Crippen LogP contribution in [0.2, 0.25) is 0 Å². The summed E-state index contributed by atoms with van der Waals surface area (Å²) in [6, 6.07) is 0. The molecule has 1 aliphatic heterocycles. The molecule has 3 heteroatoms. The molecule has 1 saturated carbocycles. The van der Waals surface area contributed by atoms with Gasteiger partial charge in [-0.15, -0.1) is 0 Å². The molecule has 1 heterocycles. The molecule has 1 aliphatic carbocycles. The second kappa shape index (κ2) is 6.55. The summed E-state index contributed by atoms with van der Waals surface area (Å²) in [5, 5.41) is 10.1. The fraction of sp³-hybridized carbons (Fsp3) is 1.00. The lowest BCUT2D eigenvalue weighted by Gasteiger charge is -2.41. The Balaban J connectivity index is 1.83. The first-order valence-electron chi connectivity index (χ1n) is 7.94. The van der Waals surface area contributed by atoms with Gasteiger partial charge in [-0.05, 0) is 43.4 Å². The largest absolute Gasteiger partial charge is 0.390 e. The normalized spacial score (nSPS) is 36.6. The number of hydrogen-bond donors (Lipinski definition) is 1. The summed E-state index contributed by atoms with van der Waals surface area (Å²) in [6.45, 7) is 8.46. The van der Waals surface area contributed by atoms with Gasteiger partial charge in [0.05, 0.1) is 24.9 Å². The summed E-state index contributed by atoms with van der Waals surface area (Å²) in [7, 11) is 0. The molecule has 3 nitrogen and oxygen atoms in total. The van der Waals surface area contributed by atoms with E-state index in [0.29, 0.717) is 17.9 Å². The van der Waals surface area contributed by atoms with Crippen LogP contribution in [0.1, 0.15) is 59.3 Å². The Hall–Kier alpha value is -0.120. The summed E-state index contributed by atoms with van der Waals surface area (Å²) in [5.74, 6) is 0.662. The highest BCUT2D eigenvalue weighted by atomic mass is 16.5. The molecule has 19 heavy (non-hydrogen) atoms. The summed E-state index contributed by atoms with van der Waals surface area (Å²) in [6.07, 6.45) is 6.41. The van der Waals surface area contributed by atoms with Gasteiger partial charge in [-0.1, -0.05) is 27.2 Å². The Bertz CT molecular complexity index is 271. The van der Waals surface area contributed by atoms with Crippen LogP contribution in [0.3, 0.4) is 0 Å². The van der Waals surface area contributed by atoms with E-state index < -0.39 is 0 Å². The van der Waals surface area contributed by atoms with Gasteiger partial charge >= 0.3 is 0 Å². The van der Waals surface area contributed by atoms with Gasteiger partial charge in [-0.2, -0.15) is 0 Å². The molecule has 0 aromatic rings. The molecule has 2 fully saturated rings. The number of aliphatic hydroxyl groups is 1. The number of hydrogen-bond acceptors (Lipinski definition) is 3. The van der Waals surface area contributed by atoms with Gasteiger partial charge in [0.2, 0.25) is 0 Å². The quantitative estimate of drug-likeness (QED) is 0.834. The van der Waals surface area contributed by atoms with Crippen molar-refractivity contribution in [1.29, 1.82) is 0 Å². The maximum absolute atomic E-state index is 10.1. The number of aliphatic hydroxyl groups excluding tert-OH is 1. The average Bonchev–Trinajstić information content (AvgIpc) is 2.90. The van der Waals surface area contributed by atoms with Crippen LogP contribution >= 0.6 is 0 Å². The molecular formula is C16H30O3. The predicted octanol–water partition coefficient (Wildman–Crippen LogP) is 3.15. The highest BCUT2D eigenvalue weighted by molar-refractivity contribution is 4.87. The first-order valence-corrected chi connectivity index (χ1v) is 7.94. The van der Waals surface area contributed by atoms with Crippen molar-refractivity contribution in [1.82, 2.24) is 0 Å². The Kier molecular flexibility index (Phi) is 5.27. The fourth-order valence-corrected chi connectivity index (χ4v) is 3.30. The van der Waals surface area contributed by atoms with Crippen molar-refractivity contribution in [3.05, 3.63) is 0 Å². The molecule has 0 spiro atoms. The first kappa shape index (κ1) is 15.3. The zero-order valence-corrected chi connectivity index (χ0v) is 12.7. The molecule has 4 atom stereocenters. The van der Waals surface area contributed by atoms with E-state index in [1.807, 2.05) is 0 Å². The predicted molar refractivity (Wildman–Crippen MR) is 76.1 cm³/mol. The van der Waals surface area contributed by atoms with Gasteiger partial charge < -0.3 is 14.6 Å². The molecule has 112 valence electrons. The molecule has 0 aromatic carbocycles. The lowest BCUT2D eigenvalue weighted by Crippen LogP contribution is -2.41. The smallest absolute Gasteiger partial charge is 0.0838 e. The third-order valence-corrected chi connectivity index (χ3v) is 5.29. The zero-order chi connectivity index (χ0) is 13.9. The zero-order valence-electron chi connectivity index (χ0n) is 12.7. The standard InChI is InChI=1S/C16H30O3/c1-4-16(2,3)12-7-8-14(17)15(10-12)19-11-13-6-5-9-18-13/h12-15,17H,4-11H2,1-3H3. The maximum Gasteiger partial charge on any atom is 0.0838 e. The van der Waals surface area contributed by atoms with E-state index in [9.17, 15) is 5.11 Å². The lowest BCUT2D eigenvalue weighted by atomic mass is 9.68. The van der Waals surface area contributed by atoms with E-state index in [-0.39, 0.29) is 18.3 Å². The molecule has 2 aliphatic rings. The monoisotopic (exact) mass is 270 g/mol. The van der Waals surface area contributed by atoms with Crippen LogP contribution in [0.5, 0.6) is 0 Å². The van der Waals surface area contributed by atoms with Crippen molar-refractivity contribution in [2.24, 2.45) is 11.3 Å². The van der Waals surface area contributed by atoms with E-state index >= 15 is 0 Å². The van der Waals surface area contributed by atoms with Gasteiger partial charge in [0.25, 0.3) is 0 Å². The van der Waals surface area contributed by atoms with E-state index in [2.05, 4.69) is 20.8 Å². The van der Waals surface area contributed by atoms with Gasteiger partial charge in [-0.3, -0.25) is 0 Å². The van der Waals surface area contributed by atoms with Crippen LogP contribution in [0.4, 0.5) is 0 Å². The molecule has 2 rings (SSSR count). The first-order chi connectivity index (χ1) is 9.03. The van der Waals surface area contributed by atoms with E-state index in [4.69, 9.17) is 9.47 Å². The second-order valence-electron chi connectivity index (χ2n) is 6.93. The molecule has 1 saturated heterocycles. The van der Waals surface area contributed by atoms with Crippen molar-refractivity contribution in [3.63, 3.8) is 0 Å². The minimum absolute atomic E-state index is 0.00812. The summed E-state index contributed by atoms with van der Waals surface area (Å²) >= 11 is 0. The van der Waals surface area contributed by atoms with E-state index in [1.54, 1.807) is 0 Å². The van der Waals surface area contributed by atoms with E-state index in [0.717, 1.165) is 38.7 Å². The molecule has 0 radical (unpaired) electrons. The van der Waals surface area contributed by atoms with Crippen LogP contribution in [0.25, 0.3) is 0 Å². The van der Waals surface area contributed by atoms with Crippen molar-refractivity contribution < 1.29 is 14.6 Å². The van der Waals surface area contributed by atoms with Crippen molar-refractivity contribution >= 4 is 0 Å². The third kappa shape index (κ3) is 3.93. The Morgan fingerprint density at radius 1 is 1.26 bits per heavy atom. The highest BCUT2D eigenvalue weighted by Crippen LogP contribution is 2.41. The topological polar surface area (TPSA) is 38.7 Å². The summed E-state index contributed by atoms with van der Waals surface area (Å²) in [5.41, 5.74) is 0.353. The SMILES string of the molecule is CCC(C)(C)C1CCC(O)C(OCC2CCCO2)C1. The number of rotatable bonds is 5. The second-order valence-corrected chi connectivity index (χ2v) is 6.93. The van der Waals surface area contributed by atoms with Crippen molar-refractivity contribution in [3.8, 4) is 0 Å². The average molecular weight is 270 g/mol. The van der Waals surface area contributed by atoms with Gasteiger partial charge in [0.15, 0.2) is 0 Å². The van der Waals surface area contributed by atoms with Gasteiger partial charge in [0.1, 0.15) is 0 Å². The van der Waals surface area contributed by atoms with Crippen LogP contribution in [0.15, 0.2) is 0 Å². The molecule has 0 bridgehead atoms. The van der Waals surface area contributed by atoms with Crippen molar-refractivity contribution in [2.45, 2.75) is 77.6 Å². The number of ether oxygens (including phenoxy) is 2. The summed E-state index contributed by atoms with van der Waals surface area (Å²) < 4.78 is 11.6. The maximum atomic E-state index is 10.1. The van der Waals surface area contributed by atoms with E-state index in [1.165, 1.54) is 6.42 Å². The van der Waals surface area contributed by atoms with Crippen LogP contribution < -0.4 is 0 Å². The molecule has 0 aromatic heterocycles. The third-order valence-electron chi connectivity index (χ3n) is 5.29. The minimum Gasteiger partial charge on any atom is -0.390 e. The Morgan fingerprint density at radius 2 is 2.05 bits per heavy atom. The molecule has 1 N–H and O–H groups in total. The van der Waals surface area contributed by atoms with Crippen LogP contribution in [-0.4, -0.2) is 36.6 Å². The van der Waals surface area contributed by atoms with Crippen molar-refractivity contribution in [2.75, 3.05) is 13.2 Å². The molecule has 4 unspecified atom stereocenters. The van der Waals surface area contributed by atoms with Gasteiger partial charge in [-0.25, -0.2) is 0 Å². The summed E-state index contributed by atoms with van der Waals surface area (Å²) in [4.78, 5) is 0. The lowest BCUT2D eigenvalue weighted by molar-refractivity contribution is -0.106. The van der Waals surface area contributed by atoms with Gasteiger partial charge in [0, 0.05) is 6.61 Å². The Morgan fingerprint density at radius 3 is 2.68 bits per heavy atom. The molecular weight excluding hydrogens is 240 g/mol. The Labute approximate surface area is 117 Å². The van der Waals surface area contributed by atoms with Crippen LogP contribution in [0, 0.1) is 11.3 Å². The minimum atomic E-state index is -0.287.